The predicted octanol–water partition coefficient (Wildman–Crippen LogP) is 0.804. The van der Waals surface area contributed by atoms with E-state index >= 15 is 0 Å². The molecule has 0 spiro atoms. The first-order valence-corrected chi connectivity index (χ1v) is 5.86. The Hall–Kier alpha value is -0.640. The van der Waals surface area contributed by atoms with E-state index in [0.29, 0.717) is 6.54 Å². The lowest BCUT2D eigenvalue weighted by Gasteiger charge is -2.26. The lowest BCUT2D eigenvalue weighted by molar-refractivity contribution is -0.135. The number of piperidine rings is 1. The van der Waals surface area contributed by atoms with Gasteiger partial charge in [-0.15, -0.1) is 0 Å². The molecule has 1 atom stereocenters. The minimum absolute atomic E-state index is 0.0932. The van der Waals surface area contributed by atoms with E-state index in [2.05, 4.69) is 5.32 Å². The van der Waals surface area contributed by atoms with Gasteiger partial charge in [0.1, 0.15) is 0 Å². The SMILES string of the molecule is O=C(C1CCNCC1)N1CC[C@H](CF)C1. The van der Waals surface area contributed by atoms with Crippen molar-refractivity contribution in [3.05, 3.63) is 0 Å². The highest BCUT2D eigenvalue weighted by Crippen LogP contribution is 2.22. The van der Waals surface area contributed by atoms with Crippen LogP contribution in [0.3, 0.4) is 0 Å². The Bertz CT molecular complexity index is 229. The molecule has 2 heterocycles. The molecule has 2 rings (SSSR count). The number of hydrogen-bond acceptors (Lipinski definition) is 2. The number of carbonyl (C=O) groups excluding carboxylic acids is 1. The molecule has 86 valence electrons. The van der Waals surface area contributed by atoms with Gasteiger partial charge in [0.15, 0.2) is 0 Å². The van der Waals surface area contributed by atoms with Crippen molar-refractivity contribution < 1.29 is 9.18 Å². The number of nitrogens with zero attached hydrogens (tertiary/aromatic N) is 1. The summed E-state index contributed by atoms with van der Waals surface area (Å²) in [5, 5.41) is 3.25. The molecular formula is C11H19FN2O. The lowest BCUT2D eigenvalue weighted by Crippen LogP contribution is -2.40. The Kier molecular flexibility index (Phi) is 3.57. The van der Waals surface area contributed by atoms with Crippen LogP contribution < -0.4 is 5.32 Å². The van der Waals surface area contributed by atoms with Gasteiger partial charge in [-0.25, -0.2) is 0 Å². The molecule has 0 unspecified atom stereocenters. The summed E-state index contributed by atoms with van der Waals surface area (Å²) in [4.78, 5) is 13.9. The third-order valence-corrected chi connectivity index (χ3v) is 3.50. The zero-order valence-electron chi connectivity index (χ0n) is 9.04. The molecule has 0 aromatic heterocycles. The number of amides is 1. The summed E-state index contributed by atoms with van der Waals surface area (Å²) < 4.78 is 12.4. The van der Waals surface area contributed by atoms with E-state index in [1.807, 2.05) is 4.90 Å². The first-order chi connectivity index (χ1) is 7.31. The molecule has 0 aliphatic carbocycles. The molecule has 2 fully saturated rings. The fourth-order valence-corrected chi connectivity index (χ4v) is 2.49. The van der Waals surface area contributed by atoms with Crippen molar-refractivity contribution in [2.45, 2.75) is 19.3 Å². The third kappa shape index (κ3) is 2.48. The summed E-state index contributed by atoms with van der Waals surface area (Å²) in [6.45, 7) is 3.00. The van der Waals surface area contributed by atoms with E-state index in [0.717, 1.165) is 38.9 Å². The second-order valence-corrected chi connectivity index (χ2v) is 4.62. The Morgan fingerprint density at radius 2 is 2.07 bits per heavy atom. The molecule has 0 radical (unpaired) electrons. The van der Waals surface area contributed by atoms with Crippen LogP contribution in [0.1, 0.15) is 19.3 Å². The minimum Gasteiger partial charge on any atom is -0.342 e. The Labute approximate surface area is 90.0 Å². The molecule has 0 aromatic rings. The smallest absolute Gasteiger partial charge is 0.225 e. The maximum atomic E-state index is 12.4. The van der Waals surface area contributed by atoms with Crippen LogP contribution in [0.2, 0.25) is 0 Å². The van der Waals surface area contributed by atoms with Crippen LogP contribution in [0.15, 0.2) is 0 Å². The normalized spacial score (nSPS) is 28.3. The average Bonchev–Trinajstić information content (AvgIpc) is 2.78. The molecule has 2 saturated heterocycles. The summed E-state index contributed by atoms with van der Waals surface area (Å²) in [5.41, 5.74) is 0. The highest BCUT2D eigenvalue weighted by atomic mass is 19.1. The number of hydrogen-bond donors (Lipinski definition) is 1. The number of carbonyl (C=O) groups is 1. The quantitative estimate of drug-likeness (QED) is 0.737. The maximum absolute atomic E-state index is 12.4. The summed E-state index contributed by atoms with van der Waals surface area (Å²) >= 11 is 0. The van der Waals surface area contributed by atoms with Gasteiger partial charge in [-0.1, -0.05) is 0 Å². The van der Waals surface area contributed by atoms with E-state index in [1.54, 1.807) is 0 Å². The fourth-order valence-electron chi connectivity index (χ4n) is 2.49. The zero-order chi connectivity index (χ0) is 10.7. The van der Waals surface area contributed by atoms with Gasteiger partial charge in [0.05, 0.1) is 6.67 Å². The first kappa shape index (κ1) is 10.9. The van der Waals surface area contributed by atoms with Gasteiger partial charge in [0.2, 0.25) is 5.91 Å². The monoisotopic (exact) mass is 214 g/mol. The van der Waals surface area contributed by atoms with E-state index in [1.165, 1.54) is 0 Å². The van der Waals surface area contributed by atoms with Gasteiger partial charge in [-0.2, -0.15) is 0 Å². The molecule has 2 aliphatic rings. The average molecular weight is 214 g/mol. The molecule has 1 amide bonds. The van der Waals surface area contributed by atoms with Gasteiger partial charge in [0.25, 0.3) is 0 Å². The van der Waals surface area contributed by atoms with Crippen LogP contribution in [0, 0.1) is 11.8 Å². The highest BCUT2D eigenvalue weighted by molar-refractivity contribution is 5.79. The summed E-state index contributed by atoms with van der Waals surface area (Å²) in [6.07, 6.45) is 2.72. The standard InChI is InChI=1S/C11H19FN2O/c12-7-9-3-6-14(8-9)11(15)10-1-4-13-5-2-10/h9-10,13H,1-8H2/t9-/m1/s1. The van der Waals surface area contributed by atoms with Crippen LogP contribution in [-0.2, 0) is 4.79 Å². The molecule has 0 saturated carbocycles. The number of nitrogens with one attached hydrogen (secondary N) is 1. The van der Waals surface area contributed by atoms with Crippen molar-refractivity contribution >= 4 is 5.91 Å². The highest BCUT2D eigenvalue weighted by Gasteiger charge is 2.31. The Morgan fingerprint density at radius 1 is 1.33 bits per heavy atom. The largest absolute Gasteiger partial charge is 0.342 e. The molecule has 4 heteroatoms. The van der Waals surface area contributed by atoms with Crippen molar-refractivity contribution in [1.29, 1.82) is 0 Å². The molecule has 0 aromatic carbocycles. The van der Waals surface area contributed by atoms with Gasteiger partial charge in [-0.3, -0.25) is 9.18 Å². The molecule has 1 N–H and O–H groups in total. The Balaban J connectivity index is 1.85. The Morgan fingerprint density at radius 3 is 2.67 bits per heavy atom. The van der Waals surface area contributed by atoms with Crippen molar-refractivity contribution in [2.75, 3.05) is 32.9 Å². The third-order valence-electron chi connectivity index (χ3n) is 3.50. The molecule has 15 heavy (non-hydrogen) atoms. The summed E-state index contributed by atoms with van der Waals surface area (Å²) in [6, 6.07) is 0. The minimum atomic E-state index is -0.282. The van der Waals surface area contributed by atoms with E-state index in [9.17, 15) is 9.18 Å². The van der Waals surface area contributed by atoms with E-state index in [4.69, 9.17) is 0 Å². The summed E-state index contributed by atoms with van der Waals surface area (Å²) in [5.74, 6) is 0.535. The van der Waals surface area contributed by atoms with Crippen LogP contribution in [-0.4, -0.2) is 43.7 Å². The number of halogens is 1. The zero-order valence-corrected chi connectivity index (χ0v) is 9.04. The van der Waals surface area contributed by atoms with E-state index < -0.39 is 0 Å². The number of likely N-dealkylation sites (tertiary alicyclic amines) is 1. The van der Waals surface area contributed by atoms with Crippen LogP contribution in [0.5, 0.6) is 0 Å². The second-order valence-electron chi connectivity index (χ2n) is 4.62. The van der Waals surface area contributed by atoms with Crippen molar-refractivity contribution in [3.8, 4) is 0 Å². The van der Waals surface area contributed by atoms with Gasteiger partial charge in [0, 0.05) is 24.9 Å². The number of rotatable bonds is 2. The van der Waals surface area contributed by atoms with Crippen molar-refractivity contribution in [3.63, 3.8) is 0 Å². The number of alkyl halides is 1. The van der Waals surface area contributed by atoms with Crippen LogP contribution in [0.25, 0.3) is 0 Å². The molecule has 2 aliphatic heterocycles. The van der Waals surface area contributed by atoms with E-state index in [-0.39, 0.29) is 24.4 Å². The molecule has 0 bridgehead atoms. The van der Waals surface area contributed by atoms with Gasteiger partial charge in [-0.05, 0) is 32.4 Å². The van der Waals surface area contributed by atoms with Gasteiger partial charge >= 0.3 is 0 Å². The van der Waals surface area contributed by atoms with Gasteiger partial charge < -0.3 is 10.2 Å². The van der Waals surface area contributed by atoms with Crippen molar-refractivity contribution in [2.24, 2.45) is 11.8 Å². The lowest BCUT2D eigenvalue weighted by atomic mass is 9.97. The van der Waals surface area contributed by atoms with Crippen LogP contribution in [0.4, 0.5) is 4.39 Å². The van der Waals surface area contributed by atoms with Crippen molar-refractivity contribution in [1.82, 2.24) is 10.2 Å². The topological polar surface area (TPSA) is 32.3 Å². The fraction of sp³-hybridized carbons (Fsp3) is 0.909. The predicted molar refractivity (Wildman–Crippen MR) is 56.3 cm³/mol. The maximum Gasteiger partial charge on any atom is 0.225 e. The molecule has 3 nitrogen and oxygen atoms in total. The second kappa shape index (κ2) is 4.92. The summed E-state index contributed by atoms with van der Waals surface area (Å²) in [7, 11) is 0. The first-order valence-electron chi connectivity index (χ1n) is 5.86. The molecular weight excluding hydrogens is 195 g/mol. The van der Waals surface area contributed by atoms with Crippen LogP contribution >= 0.6 is 0 Å².